The van der Waals surface area contributed by atoms with Crippen molar-refractivity contribution < 1.29 is 21.7 Å². The Balaban J connectivity index is -0.0000000675. The van der Waals surface area contributed by atoms with Crippen LogP contribution in [-0.2, 0) is 21.7 Å². The van der Waals surface area contributed by atoms with Crippen molar-refractivity contribution in [3.8, 4) is 0 Å². The summed E-state index contributed by atoms with van der Waals surface area (Å²) in [5.41, 5.74) is 0. The number of hydrogen-bond acceptors (Lipinski definition) is 0. The fourth-order valence-corrected chi connectivity index (χ4v) is 1.28. The van der Waals surface area contributed by atoms with Gasteiger partial charge in [0.25, 0.3) is 0 Å². The molecule has 0 heterocycles. The first-order chi connectivity index (χ1) is 10.2. The quantitative estimate of drug-likeness (QED) is 0.258. The molecular weight excluding hydrogens is 342 g/mol. The standard InChI is InChI=1S/3C6H14N.ClH.Ti/c3*1-3-5-7-6-4-2;;/h3*3-6H2,1-2H3;1H;/q3*-1;;+3. The van der Waals surface area contributed by atoms with Gasteiger partial charge in [-0.25, -0.2) is 0 Å². The average Bonchev–Trinajstić information content (AvgIpc) is 2.50. The van der Waals surface area contributed by atoms with E-state index in [9.17, 15) is 0 Å². The van der Waals surface area contributed by atoms with Crippen LogP contribution >= 0.6 is 12.4 Å². The zero-order valence-corrected chi connectivity index (χ0v) is 19.1. The van der Waals surface area contributed by atoms with Gasteiger partial charge < -0.3 is 16.0 Å². The van der Waals surface area contributed by atoms with Crippen LogP contribution in [0.25, 0.3) is 16.0 Å². The van der Waals surface area contributed by atoms with Gasteiger partial charge in [-0.15, -0.1) is 51.7 Å². The van der Waals surface area contributed by atoms with Gasteiger partial charge in [0, 0.05) is 0 Å². The Kier molecular flexibility index (Phi) is 66.2. The molecule has 141 valence electrons. The van der Waals surface area contributed by atoms with Gasteiger partial charge in [0.2, 0.25) is 0 Å². The van der Waals surface area contributed by atoms with Crippen molar-refractivity contribution in [2.75, 3.05) is 39.3 Å². The maximum absolute atomic E-state index is 4.21. The first-order valence-electron chi connectivity index (χ1n) is 9.14. The van der Waals surface area contributed by atoms with Crippen LogP contribution in [0.4, 0.5) is 0 Å². The van der Waals surface area contributed by atoms with Crippen LogP contribution < -0.4 is 0 Å². The van der Waals surface area contributed by atoms with Crippen molar-refractivity contribution >= 4 is 12.4 Å². The number of rotatable bonds is 12. The van der Waals surface area contributed by atoms with Crippen molar-refractivity contribution in [2.45, 2.75) is 80.1 Å². The molecule has 0 bridgehead atoms. The molecule has 0 saturated carbocycles. The molecule has 0 amide bonds. The Morgan fingerprint density at radius 1 is 0.391 bits per heavy atom. The van der Waals surface area contributed by atoms with Gasteiger partial charge in [-0.2, -0.15) is 0 Å². The molecule has 0 aliphatic heterocycles. The van der Waals surface area contributed by atoms with Crippen molar-refractivity contribution in [3.05, 3.63) is 16.0 Å². The van der Waals surface area contributed by atoms with Gasteiger partial charge in [0.05, 0.1) is 0 Å². The van der Waals surface area contributed by atoms with E-state index in [1.165, 1.54) is 38.5 Å². The van der Waals surface area contributed by atoms with Crippen LogP contribution in [0.15, 0.2) is 0 Å². The van der Waals surface area contributed by atoms with Crippen LogP contribution in [0.3, 0.4) is 0 Å². The maximum Gasteiger partial charge on any atom is 3.00 e. The van der Waals surface area contributed by atoms with E-state index in [4.69, 9.17) is 0 Å². The molecule has 0 rings (SSSR count). The second kappa shape index (κ2) is 43.4. The van der Waals surface area contributed by atoms with E-state index in [2.05, 4.69) is 57.5 Å². The fourth-order valence-electron chi connectivity index (χ4n) is 1.28. The Morgan fingerprint density at radius 2 is 0.522 bits per heavy atom. The first kappa shape index (κ1) is 35.1. The van der Waals surface area contributed by atoms with Crippen LogP contribution in [0, 0.1) is 0 Å². The van der Waals surface area contributed by atoms with Crippen LogP contribution in [0.5, 0.6) is 0 Å². The fraction of sp³-hybridized carbons (Fsp3) is 1.00. The molecule has 3 nitrogen and oxygen atoms in total. The van der Waals surface area contributed by atoms with Gasteiger partial charge in [0.15, 0.2) is 0 Å². The van der Waals surface area contributed by atoms with Gasteiger partial charge >= 0.3 is 21.7 Å². The third-order valence-electron chi connectivity index (χ3n) is 2.29. The molecule has 1 radical (unpaired) electrons. The van der Waals surface area contributed by atoms with Crippen molar-refractivity contribution in [3.63, 3.8) is 0 Å². The van der Waals surface area contributed by atoms with Crippen molar-refractivity contribution in [2.24, 2.45) is 0 Å². The summed E-state index contributed by atoms with van der Waals surface area (Å²) in [6.45, 7) is 19.2. The average molecular weight is 385 g/mol. The third-order valence-corrected chi connectivity index (χ3v) is 2.29. The smallest absolute Gasteiger partial charge is 0.662 e. The SMILES string of the molecule is CCC[N-]CCC.CCC[N-]CCC.CCC[N-]CCC.Cl.[Ti+3]. The summed E-state index contributed by atoms with van der Waals surface area (Å²) in [6, 6.07) is 0. The zero-order valence-electron chi connectivity index (χ0n) is 16.7. The largest absolute Gasteiger partial charge is 3.00 e. The predicted octanol–water partition coefficient (Wildman–Crippen LogP) is 6.96. The zero-order chi connectivity index (χ0) is 16.6. The van der Waals surface area contributed by atoms with Crippen molar-refractivity contribution in [1.29, 1.82) is 0 Å². The minimum absolute atomic E-state index is 0. The predicted molar refractivity (Wildman–Crippen MR) is 108 cm³/mol. The summed E-state index contributed by atoms with van der Waals surface area (Å²) in [5, 5.41) is 12.6. The Morgan fingerprint density at radius 3 is 0.609 bits per heavy atom. The van der Waals surface area contributed by atoms with Gasteiger partial charge in [-0.05, 0) is 0 Å². The third kappa shape index (κ3) is 60.1. The van der Waals surface area contributed by atoms with Gasteiger partial charge in [-0.3, -0.25) is 0 Å². The van der Waals surface area contributed by atoms with E-state index in [1.807, 2.05) is 0 Å². The van der Waals surface area contributed by atoms with E-state index in [-0.39, 0.29) is 34.1 Å². The molecule has 0 unspecified atom stereocenters. The maximum atomic E-state index is 4.21. The molecule has 0 aliphatic rings. The Hall–Kier alpha value is 0.884. The van der Waals surface area contributed by atoms with E-state index < -0.39 is 0 Å². The minimum atomic E-state index is 0. The summed E-state index contributed by atoms with van der Waals surface area (Å²) in [4.78, 5) is 0. The second-order valence-electron chi connectivity index (χ2n) is 5.01. The molecule has 0 spiro atoms. The van der Waals surface area contributed by atoms with Crippen LogP contribution in [-0.4, -0.2) is 39.3 Å². The molecule has 0 N–H and O–H groups in total. The van der Waals surface area contributed by atoms with E-state index >= 15 is 0 Å². The second-order valence-corrected chi connectivity index (χ2v) is 5.01. The van der Waals surface area contributed by atoms with Gasteiger partial charge in [0.1, 0.15) is 0 Å². The number of halogens is 1. The van der Waals surface area contributed by atoms with E-state index in [1.54, 1.807) is 0 Å². The monoisotopic (exact) mass is 384 g/mol. The van der Waals surface area contributed by atoms with E-state index in [0.717, 1.165) is 39.3 Å². The molecular formula is C18H43ClN3Ti. The normalized spacial score (nSPS) is 8.61. The topological polar surface area (TPSA) is 42.3 Å². The summed E-state index contributed by atoms with van der Waals surface area (Å²) in [6.07, 6.45) is 7.17. The van der Waals surface area contributed by atoms with E-state index in [0.29, 0.717) is 0 Å². The summed E-state index contributed by atoms with van der Waals surface area (Å²) in [5.74, 6) is 0. The van der Waals surface area contributed by atoms with Crippen molar-refractivity contribution in [1.82, 2.24) is 0 Å². The molecule has 0 aromatic carbocycles. The molecule has 5 heteroatoms. The molecule has 0 aliphatic carbocycles. The molecule has 0 fully saturated rings. The summed E-state index contributed by atoms with van der Waals surface area (Å²) < 4.78 is 0. The Bertz CT molecular complexity index is 106. The van der Waals surface area contributed by atoms with Crippen LogP contribution in [0.2, 0.25) is 0 Å². The molecule has 23 heavy (non-hydrogen) atoms. The summed E-state index contributed by atoms with van der Waals surface area (Å²) in [7, 11) is 0. The van der Waals surface area contributed by atoms with Crippen LogP contribution in [0.1, 0.15) is 80.1 Å². The minimum Gasteiger partial charge on any atom is -0.662 e. The molecule has 0 saturated heterocycles. The Labute approximate surface area is 169 Å². The molecule has 0 aromatic rings. The molecule has 0 atom stereocenters. The number of nitrogens with zero attached hydrogens (tertiary/aromatic N) is 3. The molecule has 0 aromatic heterocycles. The number of hydrogen-bond donors (Lipinski definition) is 0. The summed E-state index contributed by atoms with van der Waals surface area (Å²) >= 11 is 0. The first-order valence-corrected chi connectivity index (χ1v) is 9.14. The van der Waals surface area contributed by atoms with Gasteiger partial charge in [-0.1, -0.05) is 80.1 Å².